The fraction of sp³-hybridized carbons (Fsp3) is 0.125. The van der Waals surface area contributed by atoms with Crippen LogP contribution in [0.15, 0.2) is 36.4 Å². The third-order valence-electron chi connectivity index (χ3n) is 2.94. The molecular formula is C16H12F2O4. The van der Waals surface area contributed by atoms with Gasteiger partial charge in [0.05, 0.1) is 5.56 Å². The molecule has 4 nitrogen and oxygen atoms in total. The Morgan fingerprint density at radius 1 is 1.09 bits per heavy atom. The SMILES string of the molecule is Cc1ccc(O)c(C(=O)OCC(=O)c2ccc(F)cc2F)c1. The lowest BCUT2D eigenvalue weighted by Gasteiger charge is -2.07. The van der Waals surface area contributed by atoms with Crippen LogP contribution in [0.5, 0.6) is 5.75 Å². The minimum atomic E-state index is -1.03. The van der Waals surface area contributed by atoms with Crippen LogP contribution in [0.25, 0.3) is 0 Å². The van der Waals surface area contributed by atoms with Crippen molar-refractivity contribution in [2.45, 2.75) is 6.92 Å². The fourth-order valence-electron chi connectivity index (χ4n) is 1.82. The van der Waals surface area contributed by atoms with Gasteiger partial charge in [0, 0.05) is 6.07 Å². The van der Waals surface area contributed by atoms with E-state index in [2.05, 4.69) is 0 Å². The smallest absolute Gasteiger partial charge is 0.342 e. The topological polar surface area (TPSA) is 63.6 Å². The van der Waals surface area contributed by atoms with Gasteiger partial charge in [0.2, 0.25) is 5.78 Å². The Kier molecular flexibility index (Phi) is 4.50. The maximum absolute atomic E-state index is 13.4. The molecule has 0 fully saturated rings. The number of esters is 1. The normalized spacial score (nSPS) is 10.3. The van der Waals surface area contributed by atoms with E-state index in [1.54, 1.807) is 13.0 Å². The van der Waals surface area contributed by atoms with Crippen molar-refractivity contribution in [1.29, 1.82) is 0 Å². The minimum absolute atomic E-state index is 0.0904. The number of hydrogen-bond acceptors (Lipinski definition) is 4. The van der Waals surface area contributed by atoms with Gasteiger partial charge in [-0.2, -0.15) is 0 Å². The first-order chi connectivity index (χ1) is 10.4. The van der Waals surface area contributed by atoms with Crippen molar-refractivity contribution in [3.05, 3.63) is 64.7 Å². The average Bonchev–Trinajstić information content (AvgIpc) is 2.47. The number of aryl methyl sites for hydroxylation is 1. The van der Waals surface area contributed by atoms with Crippen molar-refractivity contribution < 1.29 is 28.2 Å². The molecule has 0 aliphatic heterocycles. The van der Waals surface area contributed by atoms with Crippen LogP contribution in [0.2, 0.25) is 0 Å². The molecule has 22 heavy (non-hydrogen) atoms. The highest BCUT2D eigenvalue weighted by Crippen LogP contribution is 2.19. The summed E-state index contributed by atoms with van der Waals surface area (Å²) in [5.41, 5.74) is 0.260. The van der Waals surface area contributed by atoms with E-state index in [0.29, 0.717) is 6.07 Å². The third kappa shape index (κ3) is 3.46. The lowest BCUT2D eigenvalue weighted by Crippen LogP contribution is -2.15. The summed E-state index contributed by atoms with van der Waals surface area (Å²) in [5, 5.41) is 9.57. The van der Waals surface area contributed by atoms with Gasteiger partial charge in [-0.3, -0.25) is 4.79 Å². The van der Waals surface area contributed by atoms with Crippen LogP contribution in [0.1, 0.15) is 26.3 Å². The highest BCUT2D eigenvalue weighted by molar-refractivity contribution is 6.00. The van der Waals surface area contributed by atoms with Gasteiger partial charge in [0.1, 0.15) is 22.9 Å². The zero-order valence-corrected chi connectivity index (χ0v) is 11.6. The molecule has 0 saturated carbocycles. The number of halogens is 2. The molecule has 114 valence electrons. The van der Waals surface area contributed by atoms with E-state index in [-0.39, 0.29) is 16.9 Å². The van der Waals surface area contributed by atoms with Crippen LogP contribution < -0.4 is 0 Å². The second-order valence-corrected chi connectivity index (χ2v) is 4.64. The molecule has 0 atom stereocenters. The van der Waals surface area contributed by atoms with E-state index >= 15 is 0 Å². The zero-order valence-electron chi connectivity index (χ0n) is 11.6. The minimum Gasteiger partial charge on any atom is -0.507 e. The Morgan fingerprint density at radius 3 is 2.50 bits per heavy atom. The van der Waals surface area contributed by atoms with E-state index in [9.17, 15) is 23.5 Å². The maximum Gasteiger partial charge on any atom is 0.342 e. The monoisotopic (exact) mass is 306 g/mol. The number of benzene rings is 2. The van der Waals surface area contributed by atoms with Gasteiger partial charge in [0.25, 0.3) is 0 Å². The van der Waals surface area contributed by atoms with Crippen molar-refractivity contribution in [2.75, 3.05) is 6.61 Å². The van der Waals surface area contributed by atoms with Crippen LogP contribution in [0, 0.1) is 18.6 Å². The van der Waals surface area contributed by atoms with Gasteiger partial charge in [0.15, 0.2) is 6.61 Å². The molecule has 1 N–H and O–H groups in total. The van der Waals surface area contributed by atoms with E-state index in [0.717, 1.165) is 17.7 Å². The molecule has 0 aliphatic rings. The summed E-state index contributed by atoms with van der Waals surface area (Å²) < 4.78 is 30.9. The lowest BCUT2D eigenvalue weighted by atomic mass is 10.1. The summed E-state index contributed by atoms with van der Waals surface area (Å²) >= 11 is 0. The average molecular weight is 306 g/mol. The number of phenols is 1. The van der Waals surface area contributed by atoms with E-state index in [4.69, 9.17) is 4.74 Å². The van der Waals surface area contributed by atoms with Crippen molar-refractivity contribution in [2.24, 2.45) is 0 Å². The van der Waals surface area contributed by atoms with E-state index < -0.39 is 30.0 Å². The Bertz CT molecular complexity index is 741. The van der Waals surface area contributed by atoms with Crippen molar-refractivity contribution in [3.8, 4) is 5.75 Å². The van der Waals surface area contributed by atoms with Gasteiger partial charge in [-0.05, 0) is 31.2 Å². The van der Waals surface area contributed by atoms with Gasteiger partial charge in [-0.1, -0.05) is 11.6 Å². The predicted molar refractivity (Wildman–Crippen MR) is 73.8 cm³/mol. The number of carbonyl (C=O) groups excluding carboxylic acids is 2. The van der Waals surface area contributed by atoms with Gasteiger partial charge in [-0.15, -0.1) is 0 Å². The zero-order chi connectivity index (χ0) is 16.3. The van der Waals surface area contributed by atoms with Crippen LogP contribution in [-0.2, 0) is 4.74 Å². The van der Waals surface area contributed by atoms with Crippen molar-refractivity contribution in [3.63, 3.8) is 0 Å². The van der Waals surface area contributed by atoms with Crippen molar-refractivity contribution in [1.82, 2.24) is 0 Å². The van der Waals surface area contributed by atoms with Crippen molar-refractivity contribution >= 4 is 11.8 Å². The first-order valence-corrected chi connectivity index (χ1v) is 6.33. The summed E-state index contributed by atoms with van der Waals surface area (Å²) in [5.74, 6) is -3.83. The molecule has 0 saturated heterocycles. The molecule has 0 bridgehead atoms. The molecule has 2 aromatic carbocycles. The highest BCUT2D eigenvalue weighted by atomic mass is 19.1. The molecule has 2 rings (SSSR count). The molecule has 0 aromatic heterocycles. The molecular weight excluding hydrogens is 294 g/mol. The number of hydrogen-bond donors (Lipinski definition) is 1. The second kappa shape index (κ2) is 6.34. The lowest BCUT2D eigenvalue weighted by molar-refractivity contribution is 0.0470. The molecule has 0 amide bonds. The summed E-state index contributed by atoms with van der Waals surface area (Å²) in [6.07, 6.45) is 0. The number of carbonyl (C=O) groups is 2. The van der Waals surface area contributed by atoms with Gasteiger partial charge in [-0.25, -0.2) is 13.6 Å². The number of Topliss-reactive ketones (excluding diaryl/α,β-unsaturated/α-hetero) is 1. The number of rotatable bonds is 4. The number of aromatic hydroxyl groups is 1. The molecule has 0 unspecified atom stereocenters. The largest absolute Gasteiger partial charge is 0.507 e. The molecule has 2 aromatic rings. The predicted octanol–water partition coefficient (Wildman–Crippen LogP) is 3.02. The van der Waals surface area contributed by atoms with Crippen LogP contribution in [-0.4, -0.2) is 23.5 Å². The summed E-state index contributed by atoms with van der Waals surface area (Å²) in [6, 6.07) is 6.82. The van der Waals surface area contributed by atoms with Gasteiger partial charge >= 0.3 is 5.97 Å². The summed E-state index contributed by atoms with van der Waals surface area (Å²) in [7, 11) is 0. The summed E-state index contributed by atoms with van der Waals surface area (Å²) in [6.45, 7) is 1.00. The highest BCUT2D eigenvalue weighted by Gasteiger charge is 2.17. The number of ketones is 1. The Morgan fingerprint density at radius 2 is 1.82 bits per heavy atom. The maximum atomic E-state index is 13.4. The van der Waals surface area contributed by atoms with Crippen LogP contribution in [0.3, 0.4) is 0 Å². The van der Waals surface area contributed by atoms with Gasteiger partial charge < -0.3 is 9.84 Å². The molecule has 0 aliphatic carbocycles. The quantitative estimate of drug-likeness (QED) is 0.696. The standard InChI is InChI=1S/C16H12F2O4/c1-9-2-5-14(19)12(6-9)16(21)22-8-15(20)11-4-3-10(17)7-13(11)18/h2-7,19H,8H2,1H3. The number of phenolic OH excluding ortho intramolecular Hbond substituents is 1. The first-order valence-electron chi connectivity index (χ1n) is 6.33. The van der Waals surface area contributed by atoms with Crippen LogP contribution in [0.4, 0.5) is 8.78 Å². The second-order valence-electron chi connectivity index (χ2n) is 4.64. The molecule has 0 spiro atoms. The number of ether oxygens (including phenoxy) is 1. The first kappa shape index (κ1) is 15.6. The third-order valence-corrected chi connectivity index (χ3v) is 2.94. The Labute approximate surface area is 125 Å². The van der Waals surface area contributed by atoms with Crippen LogP contribution >= 0.6 is 0 Å². The Hall–Kier alpha value is -2.76. The Balaban J connectivity index is 2.07. The van der Waals surface area contributed by atoms with E-state index in [1.165, 1.54) is 12.1 Å². The molecule has 6 heteroatoms. The van der Waals surface area contributed by atoms with E-state index in [1.807, 2.05) is 0 Å². The molecule has 0 heterocycles. The molecule has 0 radical (unpaired) electrons. The fourth-order valence-corrected chi connectivity index (χ4v) is 1.82. The summed E-state index contributed by atoms with van der Waals surface area (Å²) in [4.78, 5) is 23.6.